The van der Waals surface area contributed by atoms with Gasteiger partial charge in [-0.2, -0.15) is 0 Å². The fourth-order valence-electron chi connectivity index (χ4n) is 2.95. The topological polar surface area (TPSA) is 49.4 Å². The van der Waals surface area contributed by atoms with E-state index in [-0.39, 0.29) is 17.6 Å². The first-order valence-electron chi connectivity index (χ1n) is 7.93. The Labute approximate surface area is 144 Å². The van der Waals surface area contributed by atoms with Crippen LogP contribution in [0.1, 0.15) is 33.6 Å². The quantitative estimate of drug-likeness (QED) is 0.925. The number of aryl methyl sites for hydroxylation is 1. The summed E-state index contributed by atoms with van der Waals surface area (Å²) < 4.78 is 13.3. The maximum atomic E-state index is 13.3. The van der Waals surface area contributed by atoms with Gasteiger partial charge in [-0.05, 0) is 48.4 Å². The van der Waals surface area contributed by atoms with Crippen LogP contribution >= 0.6 is 11.3 Å². The predicted molar refractivity (Wildman–Crippen MR) is 91.4 cm³/mol. The maximum absolute atomic E-state index is 13.3. The van der Waals surface area contributed by atoms with Crippen molar-refractivity contribution in [3.63, 3.8) is 0 Å². The molecule has 6 heteroatoms. The highest BCUT2D eigenvalue weighted by atomic mass is 32.1. The third-order valence-corrected chi connectivity index (χ3v) is 5.10. The number of carbonyl (C=O) groups is 2. The number of hydrogen-bond donors (Lipinski definition) is 1. The van der Waals surface area contributed by atoms with E-state index in [9.17, 15) is 14.0 Å². The second-order valence-electron chi connectivity index (χ2n) is 5.94. The summed E-state index contributed by atoms with van der Waals surface area (Å²) in [6.07, 6.45) is 1.50. The zero-order valence-corrected chi connectivity index (χ0v) is 14.2. The number of benzene rings is 1. The number of amides is 2. The molecule has 1 atom stereocenters. The van der Waals surface area contributed by atoms with Gasteiger partial charge in [0.25, 0.3) is 5.91 Å². The molecular weight excluding hydrogens is 327 g/mol. The first-order valence-corrected chi connectivity index (χ1v) is 8.81. The van der Waals surface area contributed by atoms with Gasteiger partial charge in [-0.25, -0.2) is 4.39 Å². The Morgan fingerprint density at radius 3 is 2.92 bits per heavy atom. The lowest BCUT2D eigenvalue weighted by Crippen LogP contribution is -2.45. The summed E-state index contributed by atoms with van der Waals surface area (Å²) >= 11 is 1.39. The van der Waals surface area contributed by atoms with Gasteiger partial charge >= 0.3 is 0 Å². The molecule has 0 bridgehead atoms. The van der Waals surface area contributed by atoms with Crippen molar-refractivity contribution in [2.75, 3.05) is 6.54 Å². The first kappa shape index (κ1) is 16.6. The van der Waals surface area contributed by atoms with Crippen molar-refractivity contribution < 1.29 is 14.0 Å². The average Bonchev–Trinajstić information content (AvgIpc) is 3.26. The van der Waals surface area contributed by atoms with E-state index in [0.29, 0.717) is 30.0 Å². The Morgan fingerprint density at radius 2 is 2.21 bits per heavy atom. The smallest absolute Gasteiger partial charge is 0.264 e. The number of likely N-dealkylation sites (tertiary alicyclic amines) is 1. The molecule has 2 aromatic rings. The van der Waals surface area contributed by atoms with E-state index in [2.05, 4.69) is 5.32 Å². The minimum absolute atomic E-state index is 0.0831. The van der Waals surface area contributed by atoms with Crippen molar-refractivity contribution in [2.45, 2.75) is 32.4 Å². The van der Waals surface area contributed by atoms with Gasteiger partial charge in [0.05, 0.1) is 4.88 Å². The predicted octanol–water partition coefficient (Wildman–Crippen LogP) is 3.12. The summed E-state index contributed by atoms with van der Waals surface area (Å²) in [5.41, 5.74) is 1.40. The van der Waals surface area contributed by atoms with Crippen LogP contribution in [0.4, 0.5) is 4.39 Å². The number of halogens is 1. The summed E-state index contributed by atoms with van der Waals surface area (Å²) in [7, 11) is 0. The Morgan fingerprint density at radius 1 is 1.38 bits per heavy atom. The second kappa shape index (κ2) is 7.13. The standard InChI is InChI=1S/C18H19FN2O2S/c1-12-10-13(6-7-14(12)19)11-20-17(22)15-4-2-8-21(15)18(23)16-5-3-9-24-16/h3,5-7,9-10,15H,2,4,8,11H2,1H3,(H,20,22)/t15-/m1/s1. The minimum Gasteiger partial charge on any atom is -0.350 e. The fraction of sp³-hybridized carbons (Fsp3) is 0.333. The van der Waals surface area contributed by atoms with Crippen LogP contribution in [0.3, 0.4) is 0 Å². The van der Waals surface area contributed by atoms with E-state index >= 15 is 0 Å². The number of thiophene rings is 1. The molecule has 1 aromatic carbocycles. The summed E-state index contributed by atoms with van der Waals surface area (Å²) in [6, 6.07) is 7.96. The van der Waals surface area contributed by atoms with Crippen LogP contribution in [-0.4, -0.2) is 29.3 Å². The SMILES string of the molecule is Cc1cc(CNC(=O)[C@H]2CCCN2C(=O)c2cccs2)ccc1F. The fourth-order valence-corrected chi connectivity index (χ4v) is 3.63. The lowest BCUT2D eigenvalue weighted by atomic mass is 10.1. The monoisotopic (exact) mass is 346 g/mol. The zero-order chi connectivity index (χ0) is 17.1. The number of rotatable bonds is 4. The summed E-state index contributed by atoms with van der Waals surface area (Å²) in [6.45, 7) is 2.63. The van der Waals surface area contributed by atoms with Gasteiger partial charge in [-0.3, -0.25) is 9.59 Å². The summed E-state index contributed by atoms with van der Waals surface area (Å²) in [5.74, 6) is -0.492. The molecule has 1 aromatic heterocycles. The molecule has 2 heterocycles. The Balaban J connectivity index is 1.63. The largest absolute Gasteiger partial charge is 0.350 e. The lowest BCUT2D eigenvalue weighted by molar-refractivity contribution is -0.125. The molecule has 2 amide bonds. The highest BCUT2D eigenvalue weighted by Crippen LogP contribution is 2.22. The zero-order valence-electron chi connectivity index (χ0n) is 13.4. The minimum atomic E-state index is -0.429. The molecule has 1 N–H and O–H groups in total. The molecule has 126 valence electrons. The molecule has 1 fully saturated rings. The normalized spacial score (nSPS) is 17.1. The summed E-state index contributed by atoms with van der Waals surface area (Å²) in [4.78, 5) is 27.3. The lowest BCUT2D eigenvalue weighted by Gasteiger charge is -2.23. The van der Waals surface area contributed by atoms with E-state index in [0.717, 1.165) is 12.0 Å². The molecule has 3 rings (SSSR count). The van der Waals surface area contributed by atoms with E-state index in [1.54, 1.807) is 30.0 Å². The van der Waals surface area contributed by atoms with Crippen molar-refractivity contribution in [3.8, 4) is 0 Å². The number of carbonyl (C=O) groups excluding carboxylic acids is 2. The Hall–Kier alpha value is -2.21. The van der Waals surface area contributed by atoms with Crippen molar-refractivity contribution in [2.24, 2.45) is 0 Å². The Bertz CT molecular complexity index is 745. The van der Waals surface area contributed by atoms with Gasteiger partial charge in [-0.15, -0.1) is 11.3 Å². The van der Waals surface area contributed by atoms with Crippen molar-refractivity contribution in [1.82, 2.24) is 10.2 Å². The van der Waals surface area contributed by atoms with Crippen LogP contribution in [0.5, 0.6) is 0 Å². The van der Waals surface area contributed by atoms with Crippen molar-refractivity contribution >= 4 is 23.2 Å². The maximum Gasteiger partial charge on any atom is 0.264 e. The molecule has 24 heavy (non-hydrogen) atoms. The van der Waals surface area contributed by atoms with Crippen LogP contribution in [-0.2, 0) is 11.3 Å². The molecule has 1 aliphatic heterocycles. The summed E-state index contributed by atoms with van der Waals surface area (Å²) in [5, 5.41) is 4.72. The van der Waals surface area contributed by atoms with Crippen molar-refractivity contribution in [3.05, 3.63) is 57.5 Å². The number of nitrogens with one attached hydrogen (secondary N) is 1. The average molecular weight is 346 g/mol. The van der Waals surface area contributed by atoms with Gasteiger partial charge in [0, 0.05) is 13.1 Å². The number of hydrogen-bond acceptors (Lipinski definition) is 3. The first-order chi connectivity index (χ1) is 11.6. The van der Waals surface area contributed by atoms with Crippen LogP contribution in [0.2, 0.25) is 0 Å². The highest BCUT2D eigenvalue weighted by molar-refractivity contribution is 7.12. The van der Waals surface area contributed by atoms with Gasteiger partial charge in [-0.1, -0.05) is 18.2 Å². The van der Waals surface area contributed by atoms with Crippen LogP contribution in [0.15, 0.2) is 35.7 Å². The molecular formula is C18H19FN2O2S. The van der Waals surface area contributed by atoms with Gasteiger partial charge < -0.3 is 10.2 Å². The van der Waals surface area contributed by atoms with Gasteiger partial charge in [0.15, 0.2) is 0 Å². The molecule has 0 aliphatic carbocycles. The van der Waals surface area contributed by atoms with Crippen LogP contribution < -0.4 is 5.32 Å². The third-order valence-electron chi connectivity index (χ3n) is 4.24. The van der Waals surface area contributed by atoms with Gasteiger partial charge in [0.2, 0.25) is 5.91 Å². The molecule has 0 radical (unpaired) electrons. The molecule has 0 spiro atoms. The third kappa shape index (κ3) is 3.48. The van der Waals surface area contributed by atoms with Crippen molar-refractivity contribution in [1.29, 1.82) is 0 Å². The van der Waals surface area contributed by atoms with E-state index in [4.69, 9.17) is 0 Å². The number of nitrogens with zero attached hydrogens (tertiary/aromatic N) is 1. The second-order valence-corrected chi connectivity index (χ2v) is 6.88. The van der Waals surface area contributed by atoms with Gasteiger partial charge in [0.1, 0.15) is 11.9 Å². The van der Waals surface area contributed by atoms with Crippen LogP contribution in [0.25, 0.3) is 0 Å². The molecule has 0 saturated carbocycles. The van der Waals surface area contributed by atoms with E-state index in [1.807, 2.05) is 11.4 Å². The molecule has 1 aliphatic rings. The van der Waals surface area contributed by atoms with E-state index < -0.39 is 6.04 Å². The Kier molecular flexibility index (Phi) is 4.94. The van der Waals surface area contributed by atoms with Crippen LogP contribution in [0, 0.1) is 12.7 Å². The highest BCUT2D eigenvalue weighted by Gasteiger charge is 2.34. The van der Waals surface area contributed by atoms with E-state index in [1.165, 1.54) is 17.4 Å². The molecule has 1 saturated heterocycles. The molecule has 4 nitrogen and oxygen atoms in total. The molecule has 0 unspecified atom stereocenters.